The van der Waals surface area contributed by atoms with Gasteiger partial charge in [0.15, 0.2) is 0 Å². The minimum atomic E-state index is -0.899. The Labute approximate surface area is 137 Å². The highest BCUT2D eigenvalue weighted by Crippen LogP contribution is 2.28. The van der Waals surface area contributed by atoms with E-state index in [1.54, 1.807) is 24.5 Å². The van der Waals surface area contributed by atoms with Crippen molar-refractivity contribution in [2.24, 2.45) is 5.92 Å². The zero-order chi connectivity index (χ0) is 17.1. The first-order valence-electron chi connectivity index (χ1n) is 7.49. The molecule has 0 saturated carbocycles. The molecule has 0 bridgehead atoms. The van der Waals surface area contributed by atoms with Crippen molar-refractivity contribution in [2.45, 2.75) is 13.0 Å². The Morgan fingerprint density at radius 3 is 2.92 bits per heavy atom. The van der Waals surface area contributed by atoms with Gasteiger partial charge in [-0.3, -0.25) is 14.6 Å². The summed E-state index contributed by atoms with van der Waals surface area (Å²) in [6.45, 7) is 0.426. The molecule has 0 spiro atoms. The highest BCUT2D eigenvalue weighted by Gasteiger charge is 2.38. The van der Waals surface area contributed by atoms with E-state index in [9.17, 15) is 18.4 Å². The maximum atomic E-state index is 13.8. The van der Waals surface area contributed by atoms with Crippen molar-refractivity contribution in [1.82, 2.24) is 10.3 Å². The Morgan fingerprint density at radius 1 is 1.33 bits per heavy atom. The van der Waals surface area contributed by atoms with Crippen molar-refractivity contribution in [2.75, 3.05) is 11.4 Å². The number of halogens is 2. The Kier molecular flexibility index (Phi) is 4.50. The molecule has 3 rings (SSSR count). The van der Waals surface area contributed by atoms with Gasteiger partial charge in [0.2, 0.25) is 11.8 Å². The molecule has 1 aromatic heterocycles. The second kappa shape index (κ2) is 6.74. The SMILES string of the molecule is O=C(NCc1cccnc1)C1CCN(c2cc(F)ccc2F)C1=O. The number of nitrogens with zero attached hydrogens (tertiary/aromatic N) is 2. The van der Waals surface area contributed by atoms with Crippen molar-refractivity contribution in [3.8, 4) is 0 Å². The topological polar surface area (TPSA) is 62.3 Å². The molecule has 1 fully saturated rings. The smallest absolute Gasteiger partial charge is 0.239 e. The average molecular weight is 331 g/mol. The van der Waals surface area contributed by atoms with Gasteiger partial charge >= 0.3 is 0 Å². The molecule has 1 aliphatic rings. The van der Waals surface area contributed by atoms with Crippen molar-refractivity contribution in [3.63, 3.8) is 0 Å². The predicted molar refractivity (Wildman–Crippen MR) is 82.9 cm³/mol. The number of rotatable bonds is 4. The minimum absolute atomic E-state index is 0.137. The number of hydrogen-bond acceptors (Lipinski definition) is 3. The van der Waals surface area contributed by atoms with Gasteiger partial charge in [-0.2, -0.15) is 0 Å². The Hall–Kier alpha value is -2.83. The summed E-state index contributed by atoms with van der Waals surface area (Å²) in [5.74, 6) is -3.18. The van der Waals surface area contributed by atoms with Crippen molar-refractivity contribution in [1.29, 1.82) is 0 Å². The van der Waals surface area contributed by atoms with E-state index in [2.05, 4.69) is 10.3 Å². The zero-order valence-corrected chi connectivity index (χ0v) is 12.7. The summed E-state index contributed by atoms with van der Waals surface area (Å²) in [7, 11) is 0. The number of aromatic nitrogens is 1. The van der Waals surface area contributed by atoms with E-state index in [-0.39, 0.29) is 25.2 Å². The third kappa shape index (κ3) is 3.24. The van der Waals surface area contributed by atoms with Gasteiger partial charge in [-0.1, -0.05) is 6.07 Å². The molecule has 1 N–H and O–H groups in total. The van der Waals surface area contributed by atoms with Crippen LogP contribution in [-0.4, -0.2) is 23.3 Å². The van der Waals surface area contributed by atoms with Crippen LogP contribution in [0.1, 0.15) is 12.0 Å². The van der Waals surface area contributed by atoms with Crippen LogP contribution >= 0.6 is 0 Å². The number of hydrogen-bond donors (Lipinski definition) is 1. The van der Waals surface area contributed by atoms with Crippen LogP contribution in [0, 0.1) is 17.6 Å². The van der Waals surface area contributed by atoms with Gasteiger partial charge < -0.3 is 10.2 Å². The van der Waals surface area contributed by atoms with Gasteiger partial charge in [0.05, 0.1) is 5.69 Å². The van der Waals surface area contributed by atoms with Crippen molar-refractivity contribution < 1.29 is 18.4 Å². The van der Waals surface area contributed by atoms with Gasteiger partial charge in [-0.25, -0.2) is 8.78 Å². The molecular weight excluding hydrogens is 316 g/mol. The number of pyridine rings is 1. The summed E-state index contributed by atoms with van der Waals surface area (Å²) >= 11 is 0. The van der Waals surface area contributed by atoms with E-state index >= 15 is 0 Å². The summed E-state index contributed by atoms with van der Waals surface area (Å²) in [4.78, 5) is 29.7. The fourth-order valence-electron chi connectivity index (χ4n) is 2.67. The van der Waals surface area contributed by atoms with Gasteiger partial charge in [-0.15, -0.1) is 0 Å². The average Bonchev–Trinajstić information content (AvgIpc) is 2.97. The van der Waals surface area contributed by atoms with Crippen LogP contribution in [0.25, 0.3) is 0 Å². The van der Waals surface area contributed by atoms with Gasteiger partial charge in [-0.05, 0) is 30.2 Å². The molecule has 124 valence electrons. The molecule has 2 aromatic rings. The standard InChI is InChI=1S/C17H15F2N3O2/c18-12-3-4-14(19)15(8-12)22-7-5-13(17(22)24)16(23)21-10-11-2-1-6-20-9-11/h1-4,6,8-9,13H,5,7,10H2,(H,21,23). The molecule has 5 nitrogen and oxygen atoms in total. The molecule has 1 aromatic carbocycles. The van der Waals surface area contributed by atoms with E-state index < -0.39 is 29.4 Å². The number of carbonyl (C=O) groups excluding carboxylic acids is 2. The molecular formula is C17H15F2N3O2. The van der Waals surface area contributed by atoms with Crippen LogP contribution in [0.15, 0.2) is 42.7 Å². The maximum absolute atomic E-state index is 13.8. The first-order chi connectivity index (χ1) is 11.6. The second-order valence-electron chi connectivity index (χ2n) is 5.51. The van der Waals surface area contributed by atoms with Crippen LogP contribution in [0.3, 0.4) is 0 Å². The number of nitrogens with one attached hydrogen (secondary N) is 1. The van der Waals surface area contributed by atoms with E-state index in [4.69, 9.17) is 0 Å². The summed E-state index contributed by atoms with van der Waals surface area (Å²) < 4.78 is 27.1. The fourth-order valence-corrected chi connectivity index (χ4v) is 2.67. The van der Waals surface area contributed by atoms with Crippen LogP contribution in [0.2, 0.25) is 0 Å². The normalized spacial score (nSPS) is 17.2. The molecule has 24 heavy (non-hydrogen) atoms. The highest BCUT2D eigenvalue weighted by atomic mass is 19.1. The van der Waals surface area contributed by atoms with E-state index in [0.29, 0.717) is 0 Å². The first kappa shape index (κ1) is 16.0. The molecule has 1 atom stereocenters. The predicted octanol–water partition coefficient (Wildman–Crippen LogP) is 2.03. The van der Waals surface area contributed by atoms with Gasteiger partial charge in [0, 0.05) is 31.5 Å². The highest BCUT2D eigenvalue weighted by molar-refractivity contribution is 6.09. The van der Waals surface area contributed by atoms with Crippen LogP contribution in [0.4, 0.5) is 14.5 Å². The third-order valence-corrected chi connectivity index (χ3v) is 3.91. The Morgan fingerprint density at radius 2 is 2.17 bits per heavy atom. The molecule has 0 aliphatic carbocycles. The molecule has 0 radical (unpaired) electrons. The largest absolute Gasteiger partial charge is 0.351 e. The Balaban J connectivity index is 1.67. The minimum Gasteiger partial charge on any atom is -0.351 e. The van der Waals surface area contributed by atoms with Crippen molar-refractivity contribution in [3.05, 3.63) is 59.9 Å². The number of anilines is 1. The van der Waals surface area contributed by atoms with Gasteiger partial charge in [0.1, 0.15) is 17.6 Å². The van der Waals surface area contributed by atoms with E-state index in [1.807, 2.05) is 0 Å². The molecule has 1 unspecified atom stereocenters. The van der Waals surface area contributed by atoms with E-state index in [0.717, 1.165) is 28.7 Å². The van der Waals surface area contributed by atoms with Crippen LogP contribution < -0.4 is 10.2 Å². The maximum Gasteiger partial charge on any atom is 0.239 e. The second-order valence-corrected chi connectivity index (χ2v) is 5.51. The number of benzene rings is 1. The lowest BCUT2D eigenvalue weighted by Gasteiger charge is -2.17. The molecule has 1 aliphatic heterocycles. The molecule has 2 heterocycles. The Bertz CT molecular complexity index is 768. The summed E-state index contributed by atoms with van der Waals surface area (Å²) in [6, 6.07) is 6.46. The number of carbonyl (C=O) groups is 2. The van der Waals surface area contributed by atoms with Crippen LogP contribution in [0.5, 0.6) is 0 Å². The molecule has 2 amide bonds. The summed E-state index contributed by atoms with van der Waals surface area (Å²) in [5, 5.41) is 2.68. The molecule has 1 saturated heterocycles. The van der Waals surface area contributed by atoms with E-state index in [1.165, 1.54) is 0 Å². The van der Waals surface area contributed by atoms with Crippen LogP contribution in [-0.2, 0) is 16.1 Å². The molecule has 7 heteroatoms. The van der Waals surface area contributed by atoms with Gasteiger partial charge in [0.25, 0.3) is 0 Å². The lowest BCUT2D eigenvalue weighted by molar-refractivity contribution is -0.132. The third-order valence-electron chi connectivity index (χ3n) is 3.91. The zero-order valence-electron chi connectivity index (χ0n) is 12.7. The quantitative estimate of drug-likeness (QED) is 0.872. The van der Waals surface area contributed by atoms with Crippen molar-refractivity contribution >= 4 is 17.5 Å². The fraction of sp³-hybridized carbons (Fsp3) is 0.235. The number of amides is 2. The summed E-state index contributed by atoms with van der Waals surface area (Å²) in [6.07, 6.45) is 3.50. The summed E-state index contributed by atoms with van der Waals surface area (Å²) in [5.41, 5.74) is 0.673. The lowest BCUT2D eigenvalue weighted by atomic mass is 10.1. The first-order valence-corrected chi connectivity index (χ1v) is 7.49. The lowest BCUT2D eigenvalue weighted by Crippen LogP contribution is -2.36. The monoisotopic (exact) mass is 331 g/mol.